The highest BCUT2D eigenvalue weighted by atomic mass is 35.5. The standard InChI is InChI=1S/C19H18ClN3O2/c1-13-3-6-16(11-14(13)2)21-19(24)18-9-10-23(22-18)12-25-17-7-4-15(20)5-8-17/h3-11H,12H2,1-2H3,(H,21,24). The number of aryl methyl sites for hydroxylation is 2. The molecular formula is C19H18ClN3O2. The number of rotatable bonds is 5. The monoisotopic (exact) mass is 355 g/mol. The number of carbonyl (C=O) groups excluding carboxylic acids is 1. The number of amides is 1. The Hall–Kier alpha value is -2.79. The van der Waals surface area contributed by atoms with E-state index in [1.807, 2.05) is 32.0 Å². The number of benzene rings is 2. The molecule has 128 valence electrons. The molecular weight excluding hydrogens is 338 g/mol. The number of anilines is 1. The maximum Gasteiger partial charge on any atom is 0.276 e. The number of hydrogen-bond donors (Lipinski definition) is 1. The molecule has 0 fully saturated rings. The summed E-state index contributed by atoms with van der Waals surface area (Å²) in [5, 5.41) is 7.73. The van der Waals surface area contributed by atoms with Crippen LogP contribution in [0.15, 0.2) is 54.7 Å². The van der Waals surface area contributed by atoms with Gasteiger partial charge in [-0.25, -0.2) is 4.68 Å². The number of nitrogens with one attached hydrogen (secondary N) is 1. The summed E-state index contributed by atoms with van der Waals surface area (Å²) in [7, 11) is 0. The van der Waals surface area contributed by atoms with Crippen LogP contribution in [-0.4, -0.2) is 15.7 Å². The average molecular weight is 356 g/mol. The maximum absolute atomic E-state index is 12.3. The van der Waals surface area contributed by atoms with Gasteiger partial charge in [0.25, 0.3) is 5.91 Å². The van der Waals surface area contributed by atoms with E-state index < -0.39 is 0 Å². The van der Waals surface area contributed by atoms with Gasteiger partial charge < -0.3 is 10.1 Å². The SMILES string of the molecule is Cc1ccc(NC(=O)c2ccn(COc3ccc(Cl)cc3)n2)cc1C. The van der Waals surface area contributed by atoms with Crippen molar-refractivity contribution in [2.24, 2.45) is 0 Å². The van der Waals surface area contributed by atoms with Crippen molar-refractivity contribution < 1.29 is 9.53 Å². The summed E-state index contributed by atoms with van der Waals surface area (Å²) in [6.07, 6.45) is 1.70. The van der Waals surface area contributed by atoms with E-state index >= 15 is 0 Å². The molecule has 0 bridgehead atoms. The molecule has 1 heterocycles. The quantitative estimate of drug-likeness (QED) is 0.736. The van der Waals surface area contributed by atoms with Crippen molar-refractivity contribution in [3.8, 4) is 5.75 Å². The summed E-state index contributed by atoms with van der Waals surface area (Å²) in [5.74, 6) is 0.425. The molecule has 3 aromatic rings. The Balaban J connectivity index is 1.61. The van der Waals surface area contributed by atoms with Crippen LogP contribution < -0.4 is 10.1 Å². The lowest BCUT2D eigenvalue weighted by atomic mass is 10.1. The van der Waals surface area contributed by atoms with Crippen molar-refractivity contribution in [1.82, 2.24) is 9.78 Å². The van der Waals surface area contributed by atoms with Gasteiger partial charge in [-0.2, -0.15) is 5.10 Å². The number of halogens is 1. The van der Waals surface area contributed by atoms with E-state index in [2.05, 4.69) is 10.4 Å². The fourth-order valence-corrected chi connectivity index (χ4v) is 2.37. The first-order valence-corrected chi connectivity index (χ1v) is 8.19. The lowest BCUT2D eigenvalue weighted by molar-refractivity contribution is 0.102. The summed E-state index contributed by atoms with van der Waals surface area (Å²) in [5.41, 5.74) is 3.39. The second kappa shape index (κ2) is 7.40. The molecule has 1 amide bonds. The highest BCUT2D eigenvalue weighted by Gasteiger charge is 2.10. The fraction of sp³-hybridized carbons (Fsp3) is 0.158. The van der Waals surface area contributed by atoms with Crippen LogP contribution in [-0.2, 0) is 6.73 Å². The molecule has 3 rings (SSSR count). The molecule has 0 aliphatic carbocycles. The minimum atomic E-state index is -0.256. The topological polar surface area (TPSA) is 56.2 Å². The van der Waals surface area contributed by atoms with E-state index in [1.165, 1.54) is 5.56 Å². The van der Waals surface area contributed by atoms with Gasteiger partial charge in [0.1, 0.15) is 5.75 Å². The maximum atomic E-state index is 12.3. The van der Waals surface area contributed by atoms with E-state index in [9.17, 15) is 4.79 Å². The van der Waals surface area contributed by atoms with Crippen LogP contribution in [0.3, 0.4) is 0 Å². The average Bonchev–Trinajstić information content (AvgIpc) is 3.07. The van der Waals surface area contributed by atoms with Gasteiger partial charge in [0.05, 0.1) is 0 Å². The highest BCUT2D eigenvalue weighted by molar-refractivity contribution is 6.30. The fourth-order valence-electron chi connectivity index (χ4n) is 2.24. The van der Waals surface area contributed by atoms with Crippen molar-refractivity contribution >= 4 is 23.2 Å². The first kappa shape index (κ1) is 17.0. The third-order valence-electron chi connectivity index (χ3n) is 3.82. The molecule has 0 aliphatic heterocycles. The van der Waals surface area contributed by atoms with Crippen LogP contribution in [0.4, 0.5) is 5.69 Å². The Morgan fingerprint density at radius 1 is 1.12 bits per heavy atom. The number of ether oxygens (including phenoxy) is 1. The van der Waals surface area contributed by atoms with Gasteiger partial charge >= 0.3 is 0 Å². The third-order valence-corrected chi connectivity index (χ3v) is 4.07. The van der Waals surface area contributed by atoms with Gasteiger partial charge in [-0.05, 0) is 67.4 Å². The minimum Gasteiger partial charge on any atom is -0.471 e. The van der Waals surface area contributed by atoms with Crippen molar-refractivity contribution in [3.63, 3.8) is 0 Å². The van der Waals surface area contributed by atoms with Gasteiger partial charge in [-0.3, -0.25) is 4.79 Å². The van der Waals surface area contributed by atoms with E-state index in [1.54, 1.807) is 41.2 Å². The molecule has 5 nitrogen and oxygen atoms in total. The van der Waals surface area contributed by atoms with Crippen molar-refractivity contribution in [1.29, 1.82) is 0 Å². The lowest BCUT2D eigenvalue weighted by Gasteiger charge is -2.07. The van der Waals surface area contributed by atoms with Gasteiger partial charge in [0, 0.05) is 16.9 Å². The molecule has 25 heavy (non-hydrogen) atoms. The summed E-state index contributed by atoms with van der Waals surface area (Å²) >= 11 is 5.83. The predicted octanol–water partition coefficient (Wildman–Crippen LogP) is 4.44. The van der Waals surface area contributed by atoms with Crippen LogP contribution >= 0.6 is 11.6 Å². The first-order chi connectivity index (χ1) is 12.0. The molecule has 0 aliphatic rings. The zero-order chi connectivity index (χ0) is 17.8. The number of nitrogens with zero attached hydrogens (tertiary/aromatic N) is 2. The van der Waals surface area contributed by atoms with Gasteiger partial charge in [0.2, 0.25) is 0 Å². The highest BCUT2D eigenvalue weighted by Crippen LogP contribution is 2.16. The minimum absolute atomic E-state index is 0.207. The second-order valence-corrected chi connectivity index (χ2v) is 6.16. The molecule has 0 saturated heterocycles. The lowest BCUT2D eigenvalue weighted by Crippen LogP contribution is -2.14. The molecule has 0 atom stereocenters. The van der Waals surface area contributed by atoms with Crippen LogP contribution in [0.2, 0.25) is 5.02 Å². The Morgan fingerprint density at radius 2 is 1.88 bits per heavy atom. The van der Waals surface area contributed by atoms with E-state index in [-0.39, 0.29) is 12.6 Å². The van der Waals surface area contributed by atoms with Crippen LogP contribution in [0, 0.1) is 13.8 Å². The number of carbonyl (C=O) groups is 1. The molecule has 0 saturated carbocycles. The summed E-state index contributed by atoms with van der Waals surface area (Å²) in [4.78, 5) is 12.3. The summed E-state index contributed by atoms with van der Waals surface area (Å²) < 4.78 is 7.16. The Kier molecular flexibility index (Phi) is 5.05. The van der Waals surface area contributed by atoms with Gasteiger partial charge in [-0.15, -0.1) is 0 Å². The molecule has 1 N–H and O–H groups in total. The molecule has 2 aromatic carbocycles. The summed E-state index contributed by atoms with van der Waals surface area (Å²) in [6, 6.07) is 14.5. The van der Waals surface area contributed by atoms with Gasteiger partial charge in [-0.1, -0.05) is 17.7 Å². The van der Waals surface area contributed by atoms with Crippen LogP contribution in [0.1, 0.15) is 21.6 Å². The number of hydrogen-bond acceptors (Lipinski definition) is 3. The molecule has 6 heteroatoms. The van der Waals surface area contributed by atoms with Crippen LogP contribution in [0.5, 0.6) is 5.75 Å². The zero-order valence-electron chi connectivity index (χ0n) is 14.0. The Bertz CT molecular complexity index is 888. The third kappa shape index (κ3) is 4.39. The second-order valence-electron chi connectivity index (χ2n) is 5.72. The van der Waals surface area contributed by atoms with Crippen LogP contribution in [0.25, 0.3) is 0 Å². The Labute approximate surface area is 151 Å². The molecule has 0 radical (unpaired) electrons. The number of aromatic nitrogens is 2. The van der Waals surface area contributed by atoms with E-state index in [4.69, 9.17) is 16.3 Å². The van der Waals surface area contributed by atoms with Crippen molar-refractivity contribution in [2.75, 3.05) is 5.32 Å². The zero-order valence-corrected chi connectivity index (χ0v) is 14.7. The predicted molar refractivity (Wildman–Crippen MR) is 98.2 cm³/mol. The van der Waals surface area contributed by atoms with E-state index in [0.29, 0.717) is 16.5 Å². The Morgan fingerprint density at radius 3 is 2.60 bits per heavy atom. The molecule has 0 spiro atoms. The van der Waals surface area contributed by atoms with E-state index in [0.717, 1.165) is 11.3 Å². The van der Waals surface area contributed by atoms with Crippen molar-refractivity contribution in [3.05, 3.63) is 76.6 Å². The van der Waals surface area contributed by atoms with Crippen molar-refractivity contribution in [2.45, 2.75) is 20.6 Å². The molecule has 0 unspecified atom stereocenters. The van der Waals surface area contributed by atoms with Gasteiger partial charge in [0.15, 0.2) is 12.4 Å². The molecule has 1 aromatic heterocycles. The smallest absolute Gasteiger partial charge is 0.276 e. The summed E-state index contributed by atoms with van der Waals surface area (Å²) in [6.45, 7) is 4.25. The largest absolute Gasteiger partial charge is 0.471 e. The first-order valence-electron chi connectivity index (χ1n) is 7.82. The normalized spacial score (nSPS) is 10.5.